The third kappa shape index (κ3) is 2.30. The van der Waals surface area contributed by atoms with Gasteiger partial charge in [0.05, 0.1) is 17.5 Å². The highest BCUT2D eigenvalue weighted by Crippen LogP contribution is 2.29. The number of carbonyl (C=O) groups is 1. The number of rotatable bonds is 2. The van der Waals surface area contributed by atoms with E-state index < -0.39 is 0 Å². The van der Waals surface area contributed by atoms with Gasteiger partial charge in [-0.15, -0.1) is 0 Å². The lowest BCUT2D eigenvalue weighted by Crippen LogP contribution is -2.31. The third-order valence-electron chi connectivity index (χ3n) is 3.52. The number of hydrogen-bond donors (Lipinski definition) is 2. The fraction of sp³-hybridized carbons (Fsp3) is 0.286. The average molecular weight is 291 g/mol. The lowest BCUT2D eigenvalue weighted by molar-refractivity contribution is 0.0791. The monoisotopic (exact) mass is 290 g/mol. The molecule has 104 valence electrons. The number of benzene rings is 1. The zero-order valence-electron chi connectivity index (χ0n) is 10.8. The van der Waals surface area contributed by atoms with Crippen LogP contribution >= 0.6 is 11.6 Å². The van der Waals surface area contributed by atoms with E-state index in [4.69, 9.17) is 17.3 Å². The Bertz CT molecular complexity index is 640. The van der Waals surface area contributed by atoms with Crippen LogP contribution < -0.4 is 5.73 Å². The molecule has 20 heavy (non-hydrogen) atoms. The SMILES string of the molecule is N[C@H]1CCN(C(=O)c2cn[nH]c2-c2ccccc2Cl)C1. The first-order valence-corrected chi connectivity index (χ1v) is 6.87. The second kappa shape index (κ2) is 5.26. The van der Waals surface area contributed by atoms with Gasteiger partial charge < -0.3 is 10.6 Å². The van der Waals surface area contributed by atoms with Gasteiger partial charge in [-0.25, -0.2) is 0 Å². The zero-order valence-corrected chi connectivity index (χ0v) is 11.6. The molecule has 1 aromatic carbocycles. The molecule has 2 aromatic rings. The first-order chi connectivity index (χ1) is 9.66. The highest BCUT2D eigenvalue weighted by Gasteiger charge is 2.27. The molecule has 1 fully saturated rings. The van der Waals surface area contributed by atoms with Gasteiger partial charge in [-0.2, -0.15) is 5.10 Å². The Morgan fingerprint density at radius 3 is 2.95 bits per heavy atom. The van der Waals surface area contributed by atoms with Crippen molar-refractivity contribution in [1.82, 2.24) is 15.1 Å². The Balaban J connectivity index is 1.95. The van der Waals surface area contributed by atoms with E-state index >= 15 is 0 Å². The van der Waals surface area contributed by atoms with E-state index in [0.29, 0.717) is 29.4 Å². The molecule has 1 aromatic heterocycles. The van der Waals surface area contributed by atoms with Crippen molar-refractivity contribution in [3.8, 4) is 11.3 Å². The Morgan fingerprint density at radius 2 is 2.25 bits per heavy atom. The molecule has 0 bridgehead atoms. The number of nitrogens with zero attached hydrogens (tertiary/aromatic N) is 2. The summed E-state index contributed by atoms with van der Waals surface area (Å²) in [6.07, 6.45) is 2.38. The van der Waals surface area contributed by atoms with Crippen LogP contribution in [0.2, 0.25) is 5.02 Å². The van der Waals surface area contributed by atoms with Gasteiger partial charge in [-0.3, -0.25) is 9.89 Å². The minimum atomic E-state index is -0.0541. The van der Waals surface area contributed by atoms with Gasteiger partial charge in [0.2, 0.25) is 0 Å². The number of aromatic amines is 1. The highest BCUT2D eigenvalue weighted by molar-refractivity contribution is 6.33. The number of aromatic nitrogens is 2. The Labute approximate surface area is 121 Å². The summed E-state index contributed by atoms with van der Waals surface area (Å²) in [6.45, 7) is 1.28. The number of nitrogens with two attached hydrogens (primary N) is 1. The van der Waals surface area contributed by atoms with Crippen LogP contribution in [-0.4, -0.2) is 40.1 Å². The van der Waals surface area contributed by atoms with Gasteiger partial charge in [-0.1, -0.05) is 29.8 Å². The molecule has 1 aliphatic heterocycles. The van der Waals surface area contributed by atoms with Gasteiger partial charge in [-0.05, 0) is 12.5 Å². The number of amides is 1. The zero-order chi connectivity index (χ0) is 14.1. The Morgan fingerprint density at radius 1 is 1.45 bits per heavy atom. The van der Waals surface area contributed by atoms with Crippen LogP contribution in [0, 0.1) is 0 Å². The van der Waals surface area contributed by atoms with Crippen LogP contribution in [0.1, 0.15) is 16.8 Å². The number of likely N-dealkylation sites (tertiary alicyclic amines) is 1. The molecule has 0 spiro atoms. The largest absolute Gasteiger partial charge is 0.337 e. The Kier molecular flexibility index (Phi) is 3.46. The predicted octanol–water partition coefficient (Wildman–Crippen LogP) is 1.90. The molecule has 1 amide bonds. The first-order valence-electron chi connectivity index (χ1n) is 6.50. The lowest BCUT2D eigenvalue weighted by atomic mass is 10.1. The molecule has 5 nitrogen and oxygen atoms in total. The molecule has 0 aliphatic carbocycles. The van der Waals surface area contributed by atoms with Crippen LogP contribution in [0.5, 0.6) is 0 Å². The van der Waals surface area contributed by atoms with Crippen molar-refractivity contribution < 1.29 is 4.79 Å². The molecule has 0 unspecified atom stereocenters. The minimum absolute atomic E-state index is 0.0541. The molecule has 3 N–H and O–H groups in total. The molecule has 1 atom stereocenters. The lowest BCUT2D eigenvalue weighted by Gasteiger charge is -2.15. The molecule has 2 heterocycles. The van der Waals surface area contributed by atoms with E-state index in [2.05, 4.69) is 10.2 Å². The fourth-order valence-electron chi connectivity index (χ4n) is 2.46. The maximum absolute atomic E-state index is 12.5. The summed E-state index contributed by atoms with van der Waals surface area (Å²) < 4.78 is 0. The summed E-state index contributed by atoms with van der Waals surface area (Å²) in [5.41, 5.74) is 7.82. The van der Waals surface area contributed by atoms with Gasteiger partial charge in [0.1, 0.15) is 0 Å². The van der Waals surface area contributed by atoms with E-state index in [9.17, 15) is 4.79 Å². The van der Waals surface area contributed by atoms with Crippen molar-refractivity contribution in [2.45, 2.75) is 12.5 Å². The van der Waals surface area contributed by atoms with Gasteiger partial charge >= 0.3 is 0 Å². The predicted molar refractivity (Wildman–Crippen MR) is 77.5 cm³/mol. The highest BCUT2D eigenvalue weighted by atomic mass is 35.5. The van der Waals surface area contributed by atoms with E-state index in [-0.39, 0.29) is 11.9 Å². The topological polar surface area (TPSA) is 75.0 Å². The van der Waals surface area contributed by atoms with Crippen LogP contribution in [0.15, 0.2) is 30.5 Å². The number of hydrogen-bond acceptors (Lipinski definition) is 3. The summed E-state index contributed by atoms with van der Waals surface area (Å²) in [4.78, 5) is 14.3. The van der Waals surface area contributed by atoms with Crippen molar-refractivity contribution in [3.05, 3.63) is 41.0 Å². The molecule has 1 aliphatic rings. The average Bonchev–Trinajstić information content (AvgIpc) is 3.07. The second-order valence-corrected chi connectivity index (χ2v) is 5.35. The molecule has 0 saturated carbocycles. The van der Waals surface area contributed by atoms with Crippen molar-refractivity contribution in [1.29, 1.82) is 0 Å². The maximum Gasteiger partial charge on any atom is 0.257 e. The number of carbonyl (C=O) groups excluding carboxylic acids is 1. The van der Waals surface area contributed by atoms with Crippen LogP contribution in [0.25, 0.3) is 11.3 Å². The normalized spacial score (nSPS) is 18.5. The van der Waals surface area contributed by atoms with Gasteiger partial charge in [0.25, 0.3) is 5.91 Å². The van der Waals surface area contributed by atoms with Crippen LogP contribution in [-0.2, 0) is 0 Å². The van der Waals surface area contributed by atoms with Crippen LogP contribution in [0.3, 0.4) is 0 Å². The molecular formula is C14H15ClN4O. The summed E-state index contributed by atoms with van der Waals surface area (Å²) >= 11 is 6.18. The van der Waals surface area contributed by atoms with Crippen molar-refractivity contribution >= 4 is 17.5 Å². The molecule has 3 rings (SSSR count). The van der Waals surface area contributed by atoms with E-state index in [0.717, 1.165) is 12.0 Å². The number of halogens is 1. The number of H-pyrrole nitrogens is 1. The number of nitrogens with one attached hydrogen (secondary N) is 1. The van der Waals surface area contributed by atoms with E-state index in [1.807, 2.05) is 18.2 Å². The molecule has 0 radical (unpaired) electrons. The quantitative estimate of drug-likeness (QED) is 0.887. The molecule has 1 saturated heterocycles. The summed E-state index contributed by atoms with van der Waals surface area (Å²) in [6, 6.07) is 7.44. The van der Waals surface area contributed by atoms with Gasteiger partial charge in [0, 0.05) is 29.7 Å². The maximum atomic E-state index is 12.5. The van der Waals surface area contributed by atoms with Crippen molar-refractivity contribution in [2.24, 2.45) is 5.73 Å². The minimum Gasteiger partial charge on any atom is -0.337 e. The van der Waals surface area contributed by atoms with E-state index in [1.54, 1.807) is 17.2 Å². The van der Waals surface area contributed by atoms with E-state index in [1.165, 1.54) is 0 Å². The standard InChI is InChI=1S/C14H15ClN4O/c15-12-4-2-1-3-10(12)13-11(7-17-18-13)14(20)19-6-5-9(16)8-19/h1-4,7,9H,5-6,8,16H2,(H,17,18)/t9-/m0/s1. The fourth-order valence-corrected chi connectivity index (χ4v) is 2.69. The Hall–Kier alpha value is -1.85. The smallest absolute Gasteiger partial charge is 0.257 e. The molecule has 6 heteroatoms. The summed E-state index contributed by atoms with van der Waals surface area (Å²) in [7, 11) is 0. The van der Waals surface area contributed by atoms with Gasteiger partial charge in [0.15, 0.2) is 0 Å². The third-order valence-corrected chi connectivity index (χ3v) is 3.85. The van der Waals surface area contributed by atoms with Crippen molar-refractivity contribution in [2.75, 3.05) is 13.1 Å². The second-order valence-electron chi connectivity index (χ2n) is 4.94. The van der Waals surface area contributed by atoms with Crippen molar-refractivity contribution in [3.63, 3.8) is 0 Å². The summed E-state index contributed by atoms with van der Waals surface area (Å²) in [5.74, 6) is -0.0541. The van der Waals surface area contributed by atoms with Crippen LogP contribution in [0.4, 0.5) is 0 Å². The molecular weight excluding hydrogens is 276 g/mol. The summed E-state index contributed by atoms with van der Waals surface area (Å²) in [5, 5.41) is 7.44. The first kappa shape index (κ1) is 13.1.